The molecule has 0 aliphatic rings. The van der Waals surface area contributed by atoms with Gasteiger partial charge in [0.15, 0.2) is 16.5 Å². The van der Waals surface area contributed by atoms with E-state index in [1.165, 1.54) is 6.26 Å². The van der Waals surface area contributed by atoms with Gasteiger partial charge in [-0.2, -0.15) is 0 Å². The molecule has 0 bridgehead atoms. The molecule has 4 aromatic rings. The molecular weight excluding hydrogens is 430 g/mol. The predicted octanol–water partition coefficient (Wildman–Crippen LogP) is 4.98. The minimum absolute atomic E-state index is 0.158. The van der Waals surface area contributed by atoms with E-state index in [4.69, 9.17) is 21.1 Å². The monoisotopic (exact) mass is 441 g/mol. The summed E-state index contributed by atoms with van der Waals surface area (Å²) in [7, 11) is 0. The second kappa shape index (κ2) is 7.34. The molecule has 0 saturated heterocycles. The summed E-state index contributed by atoms with van der Waals surface area (Å²) in [5, 5.41) is 5.67. The second-order valence-corrected chi connectivity index (χ2v) is 6.83. The van der Waals surface area contributed by atoms with Gasteiger partial charge in [-0.25, -0.2) is 4.98 Å². The SMILES string of the molecule is O=C(NC(=S)Nc1ccc2oc(-c3ccccc3Br)nc2c1)c1ccco1. The van der Waals surface area contributed by atoms with E-state index in [9.17, 15) is 4.79 Å². The van der Waals surface area contributed by atoms with Crippen molar-refractivity contribution in [2.24, 2.45) is 0 Å². The number of hydrogen-bond donors (Lipinski definition) is 2. The Kier molecular flexibility index (Phi) is 4.74. The first kappa shape index (κ1) is 17.4. The molecule has 4 rings (SSSR count). The molecule has 0 unspecified atom stereocenters. The van der Waals surface area contributed by atoms with E-state index in [-0.39, 0.29) is 10.9 Å². The van der Waals surface area contributed by atoms with Crippen LogP contribution < -0.4 is 10.6 Å². The number of anilines is 1. The Balaban J connectivity index is 1.52. The second-order valence-electron chi connectivity index (χ2n) is 5.57. The van der Waals surface area contributed by atoms with Crippen molar-refractivity contribution in [2.75, 3.05) is 5.32 Å². The average Bonchev–Trinajstić information content (AvgIpc) is 3.31. The van der Waals surface area contributed by atoms with Gasteiger partial charge in [-0.1, -0.05) is 12.1 Å². The molecule has 0 saturated carbocycles. The van der Waals surface area contributed by atoms with Crippen LogP contribution in [0.15, 0.2) is 74.2 Å². The number of nitrogens with one attached hydrogen (secondary N) is 2. The van der Waals surface area contributed by atoms with E-state index in [2.05, 4.69) is 31.5 Å². The summed E-state index contributed by atoms with van der Waals surface area (Å²) in [5.41, 5.74) is 2.87. The fourth-order valence-electron chi connectivity index (χ4n) is 2.49. The summed E-state index contributed by atoms with van der Waals surface area (Å²) < 4.78 is 11.8. The molecule has 2 N–H and O–H groups in total. The number of benzene rings is 2. The maximum absolute atomic E-state index is 11.9. The molecule has 2 aromatic carbocycles. The third kappa shape index (κ3) is 3.76. The van der Waals surface area contributed by atoms with Gasteiger partial charge in [0.1, 0.15) is 5.52 Å². The molecule has 2 heterocycles. The van der Waals surface area contributed by atoms with Crippen LogP contribution in [0.25, 0.3) is 22.6 Å². The number of carbonyl (C=O) groups excluding carboxylic acids is 1. The maximum atomic E-state index is 11.9. The Hall–Kier alpha value is -2.97. The lowest BCUT2D eigenvalue weighted by Gasteiger charge is -2.08. The summed E-state index contributed by atoms with van der Waals surface area (Å²) in [4.78, 5) is 16.5. The van der Waals surface area contributed by atoms with Crippen LogP contribution in [0.3, 0.4) is 0 Å². The molecule has 2 aromatic heterocycles. The molecule has 0 aliphatic heterocycles. The maximum Gasteiger partial charge on any atom is 0.293 e. The third-order valence-electron chi connectivity index (χ3n) is 3.72. The quantitative estimate of drug-likeness (QED) is 0.436. The lowest BCUT2D eigenvalue weighted by atomic mass is 10.2. The first-order chi connectivity index (χ1) is 13.1. The van der Waals surface area contributed by atoms with Crippen molar-refractivity contribution in [1.82, 2.24) is 10.3 Å². The zero-order valence-corrected chi connectivity index (χ0v) is 16.1. The predicted molar refractivity (Wildman–Crippen MR) is 110 cm³/mol. The van der Waals surface area contributed by atoms with E-state index < -0.39 is 5.91 Å². The molecule has 6 nitrogen and oxygen atoms in total. The van der Waals surface area contributed by atoms with E-state index in [1.807, 2.05) is 24.3 Å². The summed E-state index contributed by atoms with van der Waals surface area (Å²) in [6.45, 7) is 0. The summed E-state index contributed by atoms with van der Waals surface area (Å²) >= 11 is 8.67. The Labute approximate surface area is 167 Å². The lowest BCUT2D eigenvalue weighted by Crippen LogP contribution is -2.33. The standard InChI is InChI=1S/C19H12BrN3O3S/c20-13-5-2-1-4-12(13)18-22-14-10-11(7-8-15(14)26-18)21-19(27)23-17(24)16-6-3-9-25-16/h1-10H,(H2,21,23,24,27). The summed E-state index contributed by atoms with van der Waals surface area (Å²) in [6, 6.07) is 16.3. The molecular formula is C19H12BrN3O3S. The zero-order chi connectivity index (χ0) is 18.8. The Morgan fingerprint density at radius 1 is 1.11 bits per heavy atom. The van der Waals surface area contributed by atoms with Crippen molar-refractivity contribution in [3.05, 3.63) is 71.1 Å². The average molecular weight is 442 g/mol. The molecule has 0 fully saturated rings. The normalized spacial score (nSPS) is 10.7. The fourth-order valence-corrected chi connectivity index (χ4v) is 3.15. The summed E-state index contributed by atoms with van der Waals surface area (Å²) in [5.74, 6) is 0.281. The molecule has 0 atom stereocenters. The highest BCUT2D eigenvalue weighted by molar-refractivity contribution is 9.10. The number of hydrogen-bond acceptors (Lipinski definition) is 5. The smallest absolute Gasteiger partial charge is 0.293 e. The number of nitrogens with zero attached hydrogens (tertiary/aromatic N) is 1. The van der Waals surface area contributed by atoms with Crippen molar-refractivity contribution in [2.45, 2.75) is 0 Å². The van der Waals surface area contributed by atoms with Gasteiger partial charge in [0.25, 0.3) is 5.91 Å². The topological polar surface area (TPSA) is 80.3 Å². The molecule has 8 heteroatoms. The lowest BCUT2D eigenvalue weighted by molar-refractivity contribution is 0.0950. The van der Waals surface area contributed by atoms with Crippen molar-refractivity contribution >= 4 is 56.0 Å². The van der Waals surface area contributed by atoms with Crippen LogP contribution in [-0.2, 0) is 0 Å². The Morgan fingerprint density at radius 3 is 2.74 bits per heavy atom. The van der Waals surface area contributed by atoms with E-state index in [0.717, 1.165) is 10.0 Å². The Morgan fingerprint density at radius 2 is 1.96 bits per heavy atom. The van der Waals surface area contributed by atoms with Crippen molar-refractivity contribution in [3.8, 4) is 11.5 Å². The summed E-state index contributed by atoms with van der Waals surface area (Å²) in [6.07, 6.45) is 1.42. The number of carbonyl (C=O) groups is 1. The van der Waals surface area contributed by atoms with Crippen LogP contribution in [0.1, 0.15) is 10.6 Å². The molecule has 1 amide bonds. The number of aromatic nitrogens is 1. The van der Waals surface area contributed by atoms with Crippen LogP contribution in [0.5, 0.6) is 0 Å². The molecule has 0 aliphatic carbocycles. The number of furan rings is 1. The number of fused-ring (bicyclic) bond motifs is 1. The first-order valence-corrected chi connectivity index (χ1v) is 9.11. The van der Waals surface area contributed by atoms with Crippen LogP contribution in [0.2, 0.25) is 0 Å². The van der Waals surface area contributed by atoms with E-state index in [0.29, 0.717) is 22.7 Å². The van der Waals surface area contributed by atoms with Gasteiger partial charge in [0.2, 0.25) is 5.89 Å². The third-order valence-corrected chi connectivity index (χ3v) is 4.62. The minimum Gasteiger partial charge on any atom is -0.459 e. The molecule has 0 radical (unpaired) electrons. The minimum atomic E-state index is -0.420. The first-order valence-electron chi connectivity index (χ1n) is 7.91. The zero-order valence-electron chi connectivity index (χ0n) is 13.7. The molecule has 0 spiro atoms. The van der Waals surface area contributed by atoms with E-state index in [1.54, 1.807) is 30.3 Å². The molecule has 27 heavy (non-hydrogen) atoms. The van der Waals surface area contributed by atoms with Gasteiger partial charge in [-0.15, -0.1) is 0 Å². The fraction of sp³-hybridized carbons (Fsp3) is 0. The van der Waals surface area contributed by atoms with Crippen molar-refractivity contribution in [3.63, 3.8) is 0 Å². The number of amides is 1. The Bertz CT molecular complexity index is 1140. The van der Waals surface area contributed by atoms with Gasteiger partial charge in [-0.05, 0) is 70.6 Å². The highest BCUT2D eigenvalue weighted by Crippen LogP contribution is 2.30. The van der Waals surface area contributed by atoms with Crippen LogP contribution in [0.4, 0.5) is 5.69 Å². The van der Waals surface area contributed by atoms with Gasteiger partial charge in [-0.3, -0.25) is 10.1 Å². The van der Waals surface area contributed by atoms with Crippen molar-refractivity contribution < 1.29 is 13.6 Å². The van der Waals surface area contributed by atoms with Crippen LogP contribution in [-0.4, -0.2) is 16.0 Å². The number of rotatable bonds is 3. The highest BCUT2D eigenvalue weighted by atomic mass is 79.9. The number of oxazole rings is 1. The largest absolute Gasteiger partial charge is 0.459 e. The number of halogens is 1. The number of thiocarbonyl (C=S) groups is 1. The van der Waals surface area contributed by atoms with Gasteiger partial charge in [0, 0.05) is 10.2 Å². The van der Waals surface area contributed by atoms with Crippen LogP contribution >= 0.6 is 28.1 Å². The van der Waals surface area contributed by atoms with Gasteiger partial charge < -0.3 is 14.2 Å². The molecule has 134 valence electrons. The van der Waals surface area contributed by atoms with Crippen LogP contribution in [0, 0.1) is 0 Å². The van der Waals surface area contributed by atoms with E-state index >= 15 is 0 Å². The van der Waals surface area contributed by atoms with Crippen molar-refractivity contribution in [1.29, 1.82) is 0 Å². The van der Waals surface area contributed by atoms with Gasteiger partial charge >= 0.3 is 0 Å². The highest BCUT2D eigenvalue weighted by Gasteiger charge is 2.13. The van der Waals surface area contributed by atoms with Gasteiger partial charge in [0.05, 0.1) is 11.8 Å².